The summed E-state index contributed by atoms with van der Waals surface area (Å²) in [5.41, 5.74) is 2.62. The quantitative estimate of drug-likeness (QED) is 0.565. The normalized spacial score (nSPS) is 22.3. The zero-order valence-electron chi connectivity index (χ0n) is 16.6. The number of nitrogens with zero attached hydrogens (tertiary/aromatic N) is 2. The van der Waals surface area contributed by atoms with Crippen LogP contribution in [0.4, 0.5) is 0 Å². The van der Waals surface area contributed by atoms with Gasteiger partial charge in [-0.2, -0.15) is 0 Å². The first-order chi connectivity index (χ1) is 12.5. The first kappa shape index (κ1) is 20.9. The molecule has 2 rings (SSSR count). The van der Waals surface area contributed by atoms with Gasteiger partial charge in [-0.05, 0) is 44.5 Å². The Morgan fingerprint density at radius 3 is 2.65 bits per heavy atom. The molecule has 0 spiro atoms. The van der Waals surface area contributed by atoms with Crippen LogP contribution in [-0.4, -0.2) is 53.3 Å². The third-order valence-electron chi connectivity index (χ3n) is 4.90. The number of hydrogen-bond donors (Lipinski definition) is 2. The van der Waals surface area contributed by atoms with Crippen molar-refractivity contribution in [1.29, 1.82) is 0 Å². The monoisotopic (exact) mass is 378 g/mol. The molecule has 2 N–H and O–H groups in total. The lowest BCUT2D eigenvalue weighted by atomic mass is 9.95. The molecule has 5 nitrogen and oxygen atoms in total. The summed E-state index contributed by atoms with van der Waals surface area (Å²) >= 11 is 0. The number of rotatable bonds is 7. The average Bonchev–Trinajstić information content (AvgIpc) is 2.65. The highest BCUT2D eigenvalue weighted by molar-refractivity contribution is 7.85. The van der Waals surface area contributed by atoms with E-state index in [0.717, 1.165) is 50.5 Å². The molecule has 0 aromatic heterocycles. The fourth-order valence-electron chi connectivity index (χ4n) is 3.54. The second-order valence-corrected chi connectivity index (χ2v) is 9.24. The molecule has 3 atom stereocenters. The Morgan fingerprint density at radius 2 is 2.00 bits per heavy atom. The SMILES string of the molecule is CCS(=O)C1CCCC(NC(=NC)NCc2ccccc2CN(C)C)C1. The van der Waals surface area contributed by atoms with Crippen LogP contribution in [0, 0.1) is 0 Å². The number of benzene rings is 1. The van der Waals surface area contributed by atoms with Gasteiger partial charge in [0.15, 0.2) is 5.96 Å². The first-order valence-corrected chi connectivity index (χ1v) is 11.0. The van der Waals surface area contributed by atoms with Gasteiger partial charge >= 0.3 is 0 Å². The van der Waals surface area contributed by atoms with Gasteiger partial charge in [0.05, 0.1) is 0 Å². The lowest BCUT2D eigenvalue weighted by Gasteiger charge is -2.30. The van der Waals surface area contributed by atoms with Crippen molar-refractivity contribution in [2.45, 2.75) is 57.0 Å². The predicted molar refractivity (Wildman–Crippen MR) is 112 cm³/mol. The van der Waals surface area contributed by atoms with Gasteiger partial charge in [0, 0.05) is 48.0 Å². The molecule has 1 saturated carbocycles. The molecule has 0 saturated heterocycles. The standard InChI is InChI=1S/C20H34N4OS/c1-5-26(25)19-12-8-11-18(13-19)23-20(21-2)22-14-16-9-6-7-10-17(16)15-24(3)4/h6-7,9-10,18-19H,5,8,11-15H2,1-4H3,(H2,21,22,23). The Bertz CT molecular complexity index is 618. The van der Waals surface area contributed by atoms with Crippen LogP contribution in [0.15, 0.2) is 29.3 Å². The molecule has 146 valence electrons. The second-order valence-electron chi connectivity index (χ2n) is 7.23. The lowest BCUT2D eigenvalue weighted by Crippen LogP contribution is -2.46. The summed E-state index contributed by atoms with van der Waals surface area (Å²) in [5, 5.41) is 7.31. The van der Waals surface area contributed by atoms with E-state index in [1.165, 1.54) is 11.1 Å². The van der Waals surface area contributed by atoms with Crippen molar-refractivity contribution in [2.24, 2.45) is 4.99 Å². The van der Waals surface area contributed by atoms with Crippen molar-refractivity contribution in [1.82, 2.24) is 15.5 Å². The van der Waals surface area contributed by atoms with Crippen molar-refractivity contribution in [3.63, 3.8) is 0 Å². The Labute approximate surface area is 161 Å². The van der Waals surface area contributed by atoms with Crippen LogP contribution in [0.2, 0.25) is 0 Å². The Hall–Kier alpha value is -1.40. The molecule has 0 aliphatic heterocycles. The summed E-state index contributed by atoms with van der Waals surface area (Å²) in [5.74, 6) is 1.59. The number of guanidine groups is 1. The van der Waals surface area contributed by atoms with E-state index >= 15 is 0 Å². The van der Waals surface area contributed by atoms with E-state index in [9.17, 15) is 4.21 Å². The largest absolute Gasteiger partial charge is 0.354 e. The zero-order valence-corrected chi connectivity index (χ0v) is 17.4. The minimum absolute atomic E-state index is 0.324. The maximum atomic E-state index is 12.1. The van der Waals surface area contributed by atoms with Crippen LogP contribution in [-0.2, 0) is 23.9 Å². The highest BCUT2D eigenvalue weighted by atomic mass is 32.2. The number of hydrogen-bond acceptors (Lipinski definition) is 3. The van der Waals surface area contributed by atoms with E-state index in [1.54, 1.807) is 0 Å². The van der Waals surface area contributed by atoms with E-state index in [2.05, 4.69) is 58.9 Å². The summed E-state index contributed by atoms with van der Waals surface area (Å²) in [7, 11) is 5.29. The summed E-state index contributed by atoms with van der Waals surface area (Å²) in [6, 6.07) is 8.87. The average molecular weight is 379 g/mol. The zero-order chi connectivity index (χ0) is 18.9. The summed E-state index contributed by atoms with van der Waals surface area (Å²) in [4.78, 5) is 6.57. The lowest BCUT2D eigenvalue weighted by molar-refractivity contribution is 0.400. The fourth-order valence-corrected chi connectivity index (χ4v) is 4.89. The van der Waals surface area contributed by atoms with Crippen LogP contribution >= 0.6 is 0 Å². The van der Waals surface area contributed by atoms with Gasteiger partial charge in [0.1, 0.15) is 0 Å². The maximum absolute atomic E-state index is 12.1. The molecule has 0 bridgehead atoms. The molecule has 6 heteroatoms. The van der Waals surface area contributed by atoms with Crippen molar-refractivity contribution in [3.05, 3.63) is 35.4 Å². The van der Waals surface area contributed by atoms with Gasteiger partial charge in [-0.25, -0.2) is 0 Å². The molecule has 1 aliphatic rings. The first-order valence-electron chi connectivity index (χ1n) is 9.59. The van der Waals surface area contributed by atoms with Crippen molar-refractivity contribution >= 4 is 16.8 Å². The van der Waals surface area contributed by atoms with Crippen molar-refractivity contribution < 1.29 is 4.21 Å². The summed E-state index contributed by atoms with van der Waals surface area (Å²) < 4.78 is 12.1. The van der Waals surface area contributed by atoms with E-state index in [4.69, 9.17) is 0 Å². The van der Waals surface area contributed by atoms with Gasteiger partial charge in [-0.15, -0.1) is 0 Å². The minimum Gasteiger partial charge on any atom is -0.354 e. The third kappa shape index (κ3) is 6.40. The molecule has 1 fully saturated rings. The van der Waals surface area contributed by atoms with Gasteiger partial charge in [-0.1, -0.05) is 37.6 Å². The van der Waals surface area contributed by atoms with Crippen LogP contribution in [0.25, 0.3) is 0 Å². The second kappa shape index (κ2) is 10.7. The molecular formula is C20H34N4OS. The van der Waals surface area contributed by atoms with Gasteiger partial charge < -0.3 is 15.5 Å². The molecule has 26 heavy (non-hydrogen) atoms. The Morgan fingerprint density at radius 1 is 1.27 bits per heavy atom. The van der Waals surface area contributed by atoms with E-state index in [1.807, 2.05) is 14.0 Å². The van der Waals surface area contributed by atoms with Crippen LogP contribution in [0.3, 0.4) is 0 Å². The van der Waals surface area contributed by atoms with Crippen LogP contribution in [0.1, 0.15) is 43.7 Å². The number of nitrogens with one attached hydrogen (secondary N) is 2. The maximum Gasteiger partial charge on any atom is 0.191 e. The van der Waals surface area contributed by atoms with Crippen LogP contribution in [0.5, 0.6) is 0 Å². The minimum atomic E-state index is -0.698. The highest BCUT2D eigenvalue weighted by Crippen LogP contribution is 2.23. The summed E-state index contributed by atoms with van der Waals surface area (Å²) in [6.45, 7) is 3.69. The Kier molecular flexibility index (Phi) is 8.59. The third-order valence-corrected chi connectivity index (χ3v) is 6.64. The smallest absolute Gasteiger partial charge is 0.191 e. The molecule has 0 heterocycles. The molecule has 1 aliphatic carbocycles. The van der Waals surface area contributed by atoms with Crippen molar-refractivity contribution in [3.8, 4) is 0 Å². The molecule has 0 radical (unpaired) electrons. The van der Waals surface area contributed by atoms with Gasteiger partial charge in [0.25, 0.3) is 0 Å². The fraction of sp³-hybridized carbons (Fsp3) is 0.650. The van der Waals surface area contributed by atoms with Crippen LogP contribution < -0.4 is 10.6 Å². The predicted octanol–water partition coefficient (Wildman–Crippen LogP) is 2.49. The Balaban J connectivity index is 1.91. The molecular weight excluding hydrogens is 344 g/mol. The van der Waals surface area contributed by atoms with Gasteiger partial charge in [-0.3, -0.25) is 9.20 Å². The van der Waals surface area contributed by atoms with E-state index in [0.29, 0.717) is 11.3 Å². The van der Waals surface area contributed by atoms with E-state index < -0.39 is 10.8 Å². The van der Waals surface area contributed by atoms with E-state index in [-0.39, 0.29) is 0 Å². The highest BCUT2D eigenvalue weighted by Gasteiger charge is 2.26. The van der Waals surface area contributed by atoms with Gasteiger partial charge in [0.2, 0.25) is 0 Å². The molecule has 1 aromatic carbocycles. The molecule has 0 amide bonds. The molecule has 3 unspecified atom stereocenters. The van der Waals surface area contributed by atoms with Crippen molar-refractivity contribution in [2.75, 3.05) is 26.9 Å². The molecule has 1 aromatic rings. The summed E-state index contributed by atoms with van der Waals surface area (Å²) in [6.07, 6.45) is 4.31. The number of aliphatic imine (C=N–C) groups is 1. The topological polar surface area (TPSA) is 56.7 Å².